The minimum Gasteiger partial charge on any atom is -0.495 e. The van der Waals surface area contributed by atoms with Crippen LogP contribution in [0.4, 0.5) is 0 Å². The quantitative estimate of drug-likeness (QED) is 0.876. The van der Waals surface area contributed by atoms with E-state index in [1.807, 2.05) is 0 Å². The van der Waals surface area contributed by atoms with E-state index in [0.717, 1.165) is 23.9 Å². The van der Waals surface area contributed by atoms with Gasteiger partial charge in [-0.05, 0) is 43.5 Å². The summed E-state index contributed by atoms with van der Waals surface area (Å²) in [6.45, 7) is 2.12. The van der Waals surface area contributed by atoms with Crippen LogP contribution in [0.2, 0.25) is 0 Å². The van der Waals surface area contributed by atoms with E-state index in [4.69, 9.17) is 4.74 Å². The maximum atomic E-state index is 12.9. The van der Waals surface area contributed by atoms with Crippen LogP contribution in [0, 0.1) is 5.92 Å². The van der Waals surface area contributed by atoms with Gasteiger partial charge in [0.25, 0.3) is 0 Å². The third kappa shape index (κ3) is 2.84. The molecule has 0 bridgehead atoms. The standard InChI is InChI=1S/C14H19BrN2O3S/c1-20-13-5-4-11(15)7-14(13)21(18,19)17-8-10-3-2-6-16-12(10)9-17/h4-5,7,10,12,16H,2-3,6,8-9H2,1H3. The van der Waals surface area contributed by atoms with Gasteiger partial charge in [0.15, 0.2) is 0 Å². The third-order valence-corrected chi connectivity index (χ3v) is 6.66. The summed E-state index contributed by atoms with van der Waals surface area (Å²) in [5.74, 6) is 0.813. The molecule has 2 aliphatic rings. The van der Waals surface area contributed by atoms with Gasteiger partial charge in [-0.1, -0.05) is 15.9 Å². The number of hydrogen-bond acceptors (Lipinski definition) is 4. The molecule has 21 heavy (non-hydrogen) atoms. The Bertz CT molecular complexity index is 621. The van der Waals surface area contributed by atoms with Crippen molar-refractivity contribution in [3.63, 3.8) is 0 Å². The molecule has 1 N–H and O–H groups in total. The second-order valence-electron chi connectivity index (χ2n) is 5.58. The number of nitrogens with one attached hydrogen (secondary N) is 1. The van der Waals surface area contributed by atoms with Crippen molar-refractivity contribution < 1.29 is 13.2 Å². The number of fused-ring (bicyclic) bond motifs is 1. The zero-order valence-electron chi connectivity index (χ0n) is 11.9. The van der Waals surface area contributed by atoms with Crippen molar-refractivity contribution in [2.45, 2.75) is 23.8 Å². The van der Waals surface area contributed by atoms with E-state index in [1.54, 1.807) is 22.5 Å². The fourth-order valence-corrected chi connectivity index (χ4v) is 5.41. The van der Waals surface area contributed by atoms with E-state index in [1.165, 1.54) is 7.11 Å². The van der Waals surface area contributed by atoms with E-state index in [2.05, 4.69) is 21.2 Å². The Balaban J connectivity index is 1.92. The molecule has 2 saturated heterocycles. The second kappa shape index (κ2) is 5.87. The Labute approximate surface area is 133 Å². The molecule has 0 aliphatic carbocycles. The van der Waals surface area contributed by atoms with Gasteiger partial charge in [0.1, 0.15) is 10.6 Å². The van der Waals surface area contributed by atoms with Crippen LogP contribution in [0.15, 0.2) is 27.6 Å². The van der Waals surface area contributed by atoms with Crippen molar-refractivity contribution in [3.8, 4) is 5.75 Å². The normalized spacial score (nSPS) is 26.6. The van der Waals surface area contributed by atoms with Gasteiger partial charge in [-0.15, -0.1) is 0 Å². The van der Waals surface area contributed by atoms with Crippen LogP contribution in [-0.2, 0) is 10.0 Å². The molecule has 0 saturated carbocycles. The number of benzene rings is 1. The molecule has 0 amide bonds. The summed E-state index contributed by atoms with van der Waals surface area (Å²) in [6, 6.07) is 5.36. The molecular formula is C14H19BrN2O3S. The highest BCUT2D eigenvalue weighted by molar-refractivity contribution is 9.10. The summed E-state index contributed by atoms with van der Waals surface area (Å²) in [4.78, 5) is 0.234. The highest BCUT2D eigenvalue weighted by Gasteiger charge is 2.41. The predicted molar refractivity (Wildman–Crippen MR) is 84.0 cm³/mol. The summed E-state index contributed by atoms with van der Waals surface area (Å²) < 4.78 is 33.4. The topological polar surface area (TPSA) is 58.6 Å². The third-order valence-electron chi connectivity index (χ3n) is 4.31. The largest absolute Gasteiger partial charge is 0.495 e. The highest BCUT2D eigenvalue weighted by atomic mass is 79.9. The first-order valence-electron chi connectivity index (χ1n) is 7.09. The van der Waals surface area contributed by atoms with E-state index >= 15 is 0 Å². The number of piperidine rings is 1. The van der Waals surface area contributed by atoms with Crippen molar-refractivity contribution in [2.75, 3.05) is 26.7 Å². The minimum atomic E-state index is -3.52. The number of ether oxygens (including phenoxy) is 1. The van der Waals surface area contributed by atoms with Gasteiger partial charge < -0.3 is 10.1 Å². The van der Waals surface area contributed by atoms with E-state index in [9.17, 15) is 8.42 Å². The first kappa shape index (κ1) is 15.3. The SMILES string of the molecule is COc1ccc(Br)cc1S(=O)(=O)N1CC2CCCNC2C1. The lowest BCUT2D eigenvalue weighted by molar-refractivity contribution is 0.339. The van der Waals surface area contributed by atoms with Crippen LogP contribution >= 0.6 is 15.9 Å². The molecule has 2 heterocycles. The van der Waals surface area contributed by atoms with Crippen molar-refractivity contribution >= 4 is 26.0 Å². The molecule has 2 aliphatic heterocycles. The molecule has 0 spiro atoms. The predicted octanol–water partition coefficient (Wildman–Crippen LogP) is 1.83. The number of rotatable bonds is 3. The van der Waals surface area contributed by atoms with E-state index in [-0.39, 0.29) is 10.9 Å². The highest BCUT2D eigenvalue weighted by Crippen LogP contribution is 2.34. The summed E-state index contributed by atoms with van der Waals surface area (Å²) in [6.07, 6.45) is 2.22. The maximum absolute atomic E-state index is 12.9. The molecule has 1 aromatic carbocycles. The molecule has 0 radical (unpaired) electrons. The van der Waals surface area contributed by atoms with E-state index < -0.39 is 10.0 Å². The van der Waals surface area contributed by atoms with Gasteiger partial charge in [0.2, 0.25) is 10.0 Å². The van der Waals surface area contributed by atoms with Gasteiger partial charge in [-0.25, -0.2) is 8.42 Å². The van der Waals surface area contributed by atoms with Crippen LogP contribution in [0.25, 0.3) is 0 Å². The van der Waals surface area contributed by atoms with Crippen molar-refractivity contribution in [3.05, 3.63) is 22.7 Å². The van der Waals surface area contributed by atoms with Crippen LogP contribution < -0.4 is 10.1 Å². The molecule has 0 aromatic heterocycles. The number of sulfonamides is 1. The van der Waals surface area contributed by atoms with Crippen molar-refractivity contribution in [1.29, 1.82) is 0 Å². The van der Waals surface area contributed by atoms with Gasteiger partial charge >= 0.3 is 0 Å². The van der Waals surface area contributed by atoms with E-state index in [0.29, 0.717) is 24.8 Å². The van der Waals surface area contributed by atoms with Gasteiger partial charge in [0, 0.05) is 23.6 Å². The molecule has 3 rings (SSSR count). The Hall–Kier alpha value is -0.630. The Morgan fingerprint density at radius 1 is 1.38 bits per heavy atom. The molecule has 116 valence electrons. The molecule has 5 nitrogen and oxygen atoms in total. The molecule has 2 unspecified atom stereocenters. The second-order valence-corrected chi connectivity index (χ2v) is 8.40. The number of halogens is 1. The lowest BCUT2D eigenvalue weighted by atomic mass is 9.94. The maximum Gasteiger partial charge on any atom is 0.246 e. The number of nitrogens with zero attached hydrogens (tertiary/aromatic N) is 1. The first-order chi connectivity index (χ1) is 10.0. The fraction of sp³-hybridized carbons (Fsp3) is 0.571. The number of methoxy groups -OCH3 is 1. The number of hydrogen-bond donors (Lipinski definition) is 1. The molecular weight excluding hydrogens is 356 g/mol. The zero-order valence-corrected chi connectivity index (χ0v) is 14.3. The zero-order chi connectivity index (χ0) is 15.0. The van der Waals surface area contributed by atoms with Crippen LogP contribution in [0.5, 0.6) is 5.75 Å². The summed E-state index contributed by atoms with van der Waals surface area (Å²) in [5, 5.41) is 3.43. The lowest BCUT2D eigenvalue weighted by Crippen LogP contribution is -2.41. The van der Waals surface area contributed by atoms with Crippen LogP contribution in [-0.4, -0.2) is 45.5 Å². The summed E-state index contributed by atoms with van der Waals surface area (Å²) >= 11 is 3.34. The fourth-order valence-electron chi connectivity index (χ4n) is 3.19. The Morgan fingerprint density at radius 3 is 2.90 bits per heavy atom. The van der Waals surface area contributed by atoms with Gasteiger partial charge in [-0.3, -0.25) is 0 Å². The van der Waals surface area contributed by atoms with Gasteiger partial charge in [-0.2, -0.15) is 4.31 Å². The van der Waals surface area contributed by atoms with Crippen LogP contribution in [0.1, 0.15) is 12.8 Å². The van der Waals surface area contributed by atoms with Crippen molar-refractivity contribution in [1.82, 2.24) is 9.62 Å². The Morgan fingerprint density at radius 2 is 2.19 bits per heavy atom. The molecule has 2 atom stereocenters. The molecule has 2 fully saturated rings. The molecule has 1 aromatic rings. The summed E-state index contributed by atoms with van der Waals surface area (Å²) in [5.41, 5.74) is 0. The van der Waals surface area contributed by atoms with Crippen LogP contribution in [0.3, 0.4) is 0 Å². The lowest BCUT2D eigenvalue weighted by Gasteiger charge is -2.24. The Kier molecular flexibility index (Phi) is 4.27. The summed E-state index contributed by atoms with van der Waals surface area (Å²) in [7, 11) is -2.03. The minimum absolute atomic E-state index is 0.234. The van der Waals surface area contributed by atoms with Gasteiger partial charge in [0.05, 0.1) is 7.11 Å². The first-order valence-corrected chi connectivity index (χ1v) is 9.33. The smallest absolute Gasteiger partial charge is 0.246 e. The average Bonchev–Trinajstić information content (AvgIpc) is 2.92. The average molecular weight is 375 g/mol. The monoisotopic (exact) mass is 374 g/mol. The molecule has 7 heteroatoms. The van der Waals surface area contributed by atoms with Crippen molar-refractivity contribution in [2.24, 2.45) is 5.92 Å².